The van der Waals surface area contributed by atoms with Gasteiger partial charge in [0.15, 0.2) is 6.21 Å². The largest absolute Gasteiger partial charge is 0.262 e. The molecule has 0 fully saturated rings. The maximum atomic E-state index is 4.30. The molecule has 0 bridgehead atoms. The second-order valence-electron chi connectivity index (χ2n) is 5.32. The number of nitrogens with zero attached hydrogens (tertiary/aromatic N) is 3. The van der Waals surface area contributed by atoms with E-state index in [0.29, 0.717) is 0 Å². The summed E-state index contributed by atoms with van der Waals surface area (Å²) < 4.78 is 2.28. The molecule has 3 nitrogen and oxygen atoms in total. The van der Waals surface area contributed by atoms with Gasteiger partial charge in [-0.05, 0) is 68.7 Å². The molecule has 2 aromatic rings. The molecule has 0 aliphatic carbocycles. The minimum absolute atomic E-state index is 1.00. The summed E-state index contributed by atoms with van der Waals surface area (Å²) in [4.78, 5) is 8.60. The molecule has 0 saturated carbocycles. The summed E-state index contributed by atoms with van der Waals surface area (Å²) in [6, 6.07) is 8.37. The van der Waals surface area contributed by atoms with Crippen molar-refractivity contribution in [3.05, 3.63) is 65.2 Å². The predicted octanol–water partition coefficient (Wildman–Crippen LogP) is 3.65. The monoisotopic (exact) mass is 294 g/mol. The lowest BCUT2D eigenvalue weighted by Gasteiger charge is -2.08. The first kappa shape index (κ1) is 16.1. The smallest absolute Gasteiger partial charge is 0.163 e. The average Bonchev–Trinajstić information content (AvgIpc) is 2.52. The zero-order valence-electron chi connectivity index (χ0n) is 13.9. The Labute approximate surface area is 133 Å². The van der Waals surface area contributed by atoms with Crippen LogP contribution >= 0.6 is 0 Å². The van der Waals surface area contributed by atoms with Crippen molar-refractivity contribution in [3.63, 3.8) is 0 Å². The minimum Gasteiger partial charge on any atom is -0.262 e. The zero-order valence-corrected chi connectivity index (χ0v) is 13.9. The maximum absolute atomic E-state index is 4.30. The molecule has 0 aliphatic heterocycles. The van der Waals surface area contributed by atoms with E-state index in [0.717, 1.165) is 24.5 Å². The lowest BCUT2D eigenvalue weighted by Crippen LogP contribution is -2.11. The lowest BCUT2D eigenvalue weighted by atomic mass is 9.98. The topological polar surface area (TPSA) is 28.8 Å². The van der Waals surface area contributed by atoms with Crippen LogP contribution in [0.2, 0.25) is 0 Å². The fourth-order valence-electron chi connectivity index (χ4n) is 2.40. The quantitative estimate of drug-likeness (QED) is 0.622. The summed E-state index contributed by atoms with van der Waals surface area (Å²) in [5, 5.41) is 0. The fourth-order valence-corrected chi connectivity index (χ4v) is 2.40. The second-order valence-corrected chi connectivity index (χ2v) is 5.32. The van der Waals surface area contributed by atoms with Crippen LogP contribution in [0, 0.1) is 13.8 Å². The van der Waals surface area contributed by atoms with Crippen LogP contribution in [0.1, 0.15) is 36.4 Å². The normalized spacial score (nSPS) is 10.2. The van der Waals surface area contributed by atoms with Gasteiger partial charge in [0, 0.05) is 29.9 Å². The van der Waals surface area contributed by atoms with Crippen molar-refractivity contribution in [3.8, 4) is 0 Å². The first-order valence-corrected chi connectivity index (χ1v) is 7.79. The molecule has 2 heterocycles. The number of rotatable bonds is 5. The summed E-state index contributed by atoms with van der Waals surface area (Å²) >= 11 is 0. The molecule has 0 radical (unpaired) electrons. The molecule has 0 amide bonds. The molecule has 0 N–H and O–H groups in total. The van der Waals surface area contributed by atoms with Gasteiger partial charge in [-0.1, -0.05) is 0 Å². The highest BCUT2D eigenvalue weighted by molar-refractivity contribution is 5.90. The second kappa shape index (κ2) is 7.64. The standard InChI is InChI=1S/C19H24N3/c1-5-22(6-2)12-9-19(17-7-10-20-15(3)13-17)18-8-11-21-16(4)14-18/h7-14H,5-6H2,1-4H3/q+1. The van der Waals surface area contributed by atoms with Crippen LogP contribution < -0.4 is 0 Å². The first-order valence-electron chi connectivity index (χ1n) is 7.79. The van der Waals surface area contributed by atoms with Crippen molar-refractivity contribution < 1.29 is 4.58 Å². The molecule has 0 aromatic carbocycles. The summed E-state index contributed by atoms with van der Waals surface area (Å²) in [6.07, 6.45) is 8.09. The molecule has 3 heteroatoms. The van der Waals surface area contributed by atoms with Crippen LogP contribution in [-0.2, 0) is 0 Å². The molecule has 0 saturated heterocycles. The Morgan fingerprint density at radius 2 is 1.45 bits per heavy atom. The van der Waals surface area contributed by atoms with Gasteiger partial charge in [0.05, 0.1) is 0 Å². The summed E-state index contributed by atoms with van der Waals surface area (Å²) in [6.45, 7) is 10.4. The molecule has 2 aromatic heterocycles. The van der Waals surface area contributed by atoms with Gasteiger partial charge in [-0.25, -0.2) is 4.58 Å². The first-order chi connectivity index (χ1) is 10.6. The molecule has 2 rings (SSSR count). The van der Waals surface area contributed by atoms with Crippen LogP contribution in [0.15, 0.2) is 42.7 Å². The molecule has 0 aliphatic rings. The fraction of sp³-hybridized carbons (Fsp3) is 0.316. The minimum atomic E-state index is 1.00. The summed E-state index contributed by atoms with van der Waals surface area (Å²) in [5.41, 5.74) is 5.61. The molecular weight excluding hydrogens is 270 g/mol. The zero-order chi connectivity index (χ0) is 15.9. The van der Waals surface area contributed by atoms with Crippen molar-refractivity contribution >= 4 is 11.8 Å². The van der Waals surface area contributed by atoms with Gasteiger partial charge >= 0.3 is 0 Å². The Morgan fingerprint density at radius 1 is 0.955 bits per heavy atom. The van der Waals surface area contributed by atoms with Crippen LogP contribution in [0.25, 0.3) is 5.57 Å². The van der Waals surface area contributed by atoms with Crippen molar-refractivity contribution in [2.45, 2.75) is 27.7 Å². The molecule has 22 heavy (non-hydrogen) atoms. The van der Waals surface area contributed by atoms with Gasteiger partial charge in [0.2, 0.25) is 0 Å². The van der Waals surface area contributed by atoms with Crippen molar-refractivity contribution in [2.24, 2.45) is 0 Å². The van der Waals surface area contributed by atoms with E-state index in [2.05, 4.69) is 64.9 Å². The Morgan fingerprint density at radius 3 is 1.86 bits per heavy atom. The van der Waals surface area contributed by atoms with Crippen LogP contribution in [0.4, 0.5) is 0 Å². The number of aromatic nitrogens is 2. The SMILES string of the molecule is CC[N+](=CC=C(c1ccnc(C)c1)c1ccnc(C)c1)CC. The van der Waals surface area contributed by atoms with E-state index >= 15 is 0 Å². The molecular formula is C19H24N3+. The number of pyridine rings is 2. The average molecular weight is 294 g/mol. The Hall–Kier alpha value is -2.29. The van der Waals surface area contributed by atoms with E-state index in [1.54, 1.807) is 0 Å². The van der Waals surface area contributed by atoms with Gasteiger partial charge in [0.1, 0.15) is 13.1 Å². The third kappa shape index (κ3) is 4.10. The van der Waals surface area contributed by atoms with Crippen molar-refractivity contribution in [1.82, 2.24) is 9.97 Å². The Bertz CT molecular complexity index is 646. The van der Waals surface area contributed by atoms with E-state index in [9.17, 15) is 0 Å². The van der Waals surface area contributed by atoms with E-state index in [1.807, 2.05) is 26.2 Å². The predicted molar refractivity (Wildman–Crippen MR) is 92.4 cm³/mol. The molecule has 114 valence electrons. The third-order valence-electron chi connectivity index (χ3n) is 3.68. The third-order valence-corrected chi connectivity index (χ3v) is 3.68. The highest BCUT2D eigenvalue weighted by Crippen LogP contribution is 2.23. The highest BCUT2D eigenvalue weighted by atomic mass is 15.0. The van der Waals surface area contributed by atoms with Crippen molar-refractivity contribution in [1.29, 1.82) is 0 Å². The number of aryl methyl sites for hydroxylation is 2. The molecule has 0 unspecified atom stereocenters. The van der Waals surface area contributed by atoms with Crippen LogP contribution in [0.3, 0.4) is 0 Å². The molecule has 0 spiro atoms. The number of hydrogen-bond donors (Lipinski definition) is 0. The highest BCUT2D eigenvalue weighted by Gasteiger charge is 2.07. The van der Waals surface area contributed by atoms with Gasteiger partial charge < -0.3 is 0 Å². The van der Waals surface area contributed by atoms with E-state index in [-0.39, 0.29) is 0 Å². The van der Waals surface area contributed by atoms with E-state index in [4.69, 9.17) is 0 Å². The van der Waals surface area contributed by atoms with E-state index in [1.165, 1.54) is 16.7 Å². The summed E-state index contributed by atoms with van der Waals surface area (Å²) in [7, 11) is 0. The van der Waals surface area contributed by atoms with E-state index < -0.39 is 0 Å². The molecule has 0 atom stereocenters. The van der Waals surface area contributed by atoms with Crippen LogP contribution in [-0.4, -0.2) is 33.8 Å². The Balaban J connectivity index is 2.54. The lowest BCUT2D eigenvalue weighted by molar-refractivity contribution is -0.515. The number of allylic oxidation sites excluding steroid dienone is 1. The summed E-state index contributed by atoms with van der Waals surface area (Å²) in [5.74, 6) is 0. The Kier molecular flexibility index (Phi) is 5.59. The van der Waals surface area contributed by atoms with Gasteiger partial charge in [-0.2, -0.15) is 0 Å². The maximum Gasteiger partial charge on any atom is 0.163 e. The number of hydrogen-bond acceptors (Lipinski definition) is 2. The van der Waals surface area contributed by atoms with Gasteiger partial charge in [-0.3, -0.25) is 9.97 Å². The van der Waals surface area contributed by atoms with Crippen LogP contribution in [0.5, 0.6) is 0 Å². The van der Waals surface area contributed by atoms with Gasteiger partial charge in [0.25, 0.3) is 0 Å². The van der Waals surface area contributed by atoms with Crippen molar-refractivity contribution in [2.75, 3.05) is 13.1 Å². The van der Waals surface area contributed by atoms with Gasteiger partial charge in [-0.15, -0.1) is 0 Å².